The molecule has 0 spiro atoms. The molecule has 3 rings (SSSR count). The molecule has 2 heteroatoms. The molecular formula is C20H26N2. The van der Waals surface area contributed by atoms with Crippen LogP contribution in [-0.2, 0) is 13.0 Å². The minimum Gasteiger partial charge on any atom is -0.315 e. The van der Waals surface area contributed by atoms with Crippen molar-refractivity contribution in [3.8, 4) is 0 Å². The molecule has 2 nitrogen and oxygen atoms in total. The third kappa shape index (κ3) is 3.40. The Balaban J connectivity index is 1.74. The third-order valence-corrected chi connectivity index (χ3v) is 4.80. The van der Waals surface area contributed by atoms with Gasteiger partial charge < -0.3 is 5.32 Å². The summed E-state index contributed by atoms with van der Waals surface area (Å²) < 4.78 is 0. The van der Waals surface area contributed by atoms with Crippen molar-refractivity contribution in [1.82, 2.24) is 10.2 Å². The van der Waals surface area contributed by atoms with Crippen LogP contribution in [0.25, 0.3) is 0 Å². The van der Waals surface area contributed by atoms with E-state index >= 15 is 0 Å². The molecular weight excluding hydrogens is 268 g/mol. The Morgan fingerprint density at radius 1 is 1.00 bits per heavy atom. The summed E-state index contributed by atoms with van der Waals surface area (Å²) in [5.41, 5.74) is 4.32. The van der Waals surface area contributed by atoms with E-state index in [0.717, 1.165) is 26.1 Å². The number of nitrogens with zero attached hydrogens (tertiary/aromatic N) is 1. The number of rotatable bonds is 5. The van der Waals surface area contributed by atoms with Gasteiger partial charge in [-0.3, -0.25) is 4.90 Å². The topological polar surface area (TPSA) is 15.3 Å². The lowest BCUT2D eigenvalue weighted by molar-refractivity contribution is 0.320. The van der Waals surface area contributed by atoms with Crippen LogP contribution in [0.4, 0.5) is 0 Å². The molecule has 22 heavy (non-hydrogen) atoms. The lowest BCUT2D eigenvalue weighted by Gasteiger charge is -2.18. The second kappa shape index (κ2) is 7.08. The quantitative estimate of drug-likeness (QED) is 0.909. The highest BCUT2D eigenvalue weighted by Gasteiger charge is 2.32. The van der Waals surface area contributed by atoms with E-state index in [-0.39, 0.29) is 0 Å². The standard InChI is InChI=1S/C20H26N2/c1-3-16-10-7-11-18(12-16)19-14-22(15-20(19)21-2)13-17-8-5-4-6-9-17/h4-12,19-21H,3,13-15H2,1-2H3/t19-,20+/m1/s1. The van der Waals surface area contributed by atoms with Crippen molar-refractivity contribution in [2.45, 2.75) is 31.8 Å². The number of nitrogens with one attached hydrogen (secondary N) is 1. The van der Waals surface area contributed by atoms with Crippen LogP contribution >= 0.6 is 0 Å². The molecule has 1 fully saturated rings. The van der Waals surface area contributed by atoms with Gasteiger partial charge in [-0.05, 0) is 30.2 Å². The fourth-order valence-electron chi connectivity index (χ4n) is 3.53. The van der Waals surface area contributed by atoms with E-state index < -0.39 is 0 Å². The molecule has 1 saturated heterocycles. The predicted molar refractivity (Wildman–Crippen MR) is 93.1 cm³/mol. The van der Waals surface area contributed by atoms with Gasteiger partial charge in [0.25, 0.3) is 0 Å². The first kappa shape index (κ1) is 15.3. The maximum atomic E-state index is 3.52. The molecule has 0 radical (unpaired) electrons. The van der Waals surface area contributed by atoms with Gasteiger partial charge in [0.1, 0.15) is 0 Å². The van der Waals surface area contributed by atoms with Crippen molar-refractivity contribution in [2.24, 2.45) is 0 Å². The van der Waals surface area contributed by atoms with Crippen molar-refractivity contribution in [2.75, 3.05) is 20.1 Å². The van der Waals surface area contributed by atoms with E-state index in [4.69, 9.17) is 0 Å². The van der Waals surface area contributed by atoms with Gasteiger partial charge in [0.2, 0.25) is 0 Å². The van der Waals surface area contributed by atoms with Crippen LogP contribution in [0.15, 0.2) is 54.6 Å². The number of hydrogen-bond donors (Lipinski definition) is 1. The van der Waals surface area contributed by atoms with Crippen molar-refractivity contribution in [3.63, 3.8) is 0 Å². The van der Waals surface area contributed by atoms with Crippen LogP contribution in [-0.4, -0.2) is 31.1 Å². The fourth-order valence-corrected chi connectivity index (χ4v) is 3.53. The minimum atomic E-state index is 0.538. The molecule has 2 aromatic rings. The summed E-state index contributed by atoms with van der Waals surface area (Å²) >= 11 is 0. The minimum absolute atomic E-state index is 0.538. The van der Waals surface area contributed by atoms with Gasteiger partial charge in [-0.25, -0.2) is 0 Å². The number of aryl methyl sites for hydroxylation is 1. The number of hydrogen-bond acceptors (Lipinski definition) is 2. The lowest BCUT2D eigenvalue weighted by Crippen LogP contribution is -2.32. The second-order valence-corrected chi connectivity index (χ2v) is 6.28. The Bertz CT molecular complexity index is 594. The first-order chi connectivity index (χ1) is 10.8. The molecule has 1 aliphatic rings. The summed E-state index contributed by atoms with van der Waals surface area (Å²) in [4.78, 5) is 2.57. The molecule has 0 amide bonds. The van der Waals surface area contributed by atoms with Crippen LogP contribution in [0.5, 0.6) is 0 Å². The molecule has 0 bridgehead atoms. The SMILES string of the molecule is CCc1cccc([C@H]2CN(Cc3ccccc3)C[C@@H]2NC)c1. The van der Waals surface area contributed by atoms with Gasteiger partial charge >= 0.3 is 0 Å². The summed E-state index contributed by atoms with van der Waals surface area (Å²) in [6, 6.07) is 20.4. The van der Waals surface area contributed by atoms with Crippen LogP contribution in [0.2, 0.25) is 0 Å². The van der Waals surface area contributed by atoms with Crippen LogP contribution in [0, 0.1) is 0 Å². The zero-order valence-electron chi connectivity index (χ0n) is 13.6. The van der Waals surface area contributed by atoms with E-state index in [1.165, 1.54) is 16.7 Å². The van der Waals surface area contributed by atoms with E-state index in [1.54, 1.807) is 0 Å². The molecule has 116 valence electrons. The highest BCUT2D eigenvalue weighted by molar-refractivity contribution is 5.29. The summed E-state index contributed by atoms with van der Waals surface area (Å²) in [5, 5.41) is 3.52. The fraction of sp³-hybridized carbons (Fsp3) is 0.400. The summed E-state index contributed by atoms with van der Waals surface area (Å²) in [7, 11) is 2.09. The second-order valence-electron chi connectivity index (χ2n) is 6.28. The number of likely N-dealkylation sites (N-methyl/N-ethyl adjacent to an activating group) is 1. The Morgan fingerprint density at radius 3 is 2.50 bits per heavy atom. The van der Waals surface area contributed by atoms with Gasteiger partial charge in [-0.2, -0.15) is 0 Å². The van der Waals surface area contributed by atoms with Crippen LogP contribution in [0.1, 0.15) is 29.5 Å². The van der Waals surface area contributed by atoms with Gasteiger partial charge in [0.15, 0.2) is 0 Å². The van der Waals surface area contributed by atoms with Crippen molar-refractivity contribution < 1.29 is 0 Å². The predicted octanol–water partition coefficient (Wildman–Crippen LogP) is 3.44. The first-order valence-corrected chi connectivity index (χ1v) is 8.32. The van der Waals surface area contributed by atoms with Gasteiger partial charge in [0, 0.05) is 31.6 Å². The Hall–Kier alpha value is -1.64. The van der Waals surface area contributed by atoms with Crippen molar-refractivity contribution in [3.05, 3.63) is 71.3 Å². The monoisotopic (exact) mass is 294 g/mol. The van der Waals surface area contributed by atoms with E-state index in [0.29, 0.717) is 12.0 Å². The Labute approximate surface area is 134 Å². The molecule has 0 aliphatic carbocycles. The molecule has 2 aromatic carbocycles. The van der Waals surface area contributed by atoms with E-state index in [9.17, 15) is 0 Å². The smallest absolute Gasteiger partial charge is 0.0273 e. The normalized spacial score (nSPS) is 22.1. The first-order valence-electron chi connectivity index (χ1n) is 8.32. The molecule has 2 atom stereocenters. The Morgan fingerprint density at radius 2 is 1.77 bits per heavy atom. The summed E-state index contributed by atoms with van der Waals surface area (Å²) in [5.74, 6) is 0.584. The zero-order chi connectivity index (χ0) is 15.4. The molecule has 1 N–H and O–H groups in total. The van der Waals surface area contributed by atoms with E-state index in [1.807, 2.05) is 0 Å². The molecule has 1 aliphatic heterocycles. The molecule has 0 aromatic heterocycles. The zero-order valence-corrected chi connectivity index (χ0v) is 13.6. The number of benzene rings is 2. The maximum Gasteiger partial charge on any atom is 0.0273 e. The highest BCUT2D eigenvalue weighted by atomic mass is 15.2. The Kier molecular flexibility index (Phi) is 4.91. The summed E-state index contributed by atoms with van der Waals surface area (Å²) in [6.45, 7) is 5.52. The maximum absolute atomic E-state index is 3.52. The van der Waals surface area contributed by atoms with Gasteiger partial charge in [-0.1, -0.05) is 61.5 Å². The molecule has 1 heterocycles. The van der Waals surface area contributed by atoms with Gasteiger partial charge in [0.05, 0.1) is 0 Å². The largest absolute Gasteiger partial charge is 0.315 e. The highest BCUT2D eigenvalue weighted by Crippen LogP contribution is 2.29. The third-order valence-electron chi connectivity index (χ3n) is 4.80. The lowest BCUT2D eigenvalue weighted by atomic mass is 9.93. The molecule has 0 saturated carbocycles. The average Bonchev–Trinajstić information content (AvgIpc) is 2.99. The summed E-state index contributed by atoms with van der Waals surface area (Å²) in [6.07, 6.45) is 1.11. The van der Waals surface area contributed by atoms with Crippen molar-refractivity contribution >= 4 is 0 Å². The average molecular weight is 294 g/mol. The van der Waals surface area contributed by atoms with Crippen LogP contribution < -0.4 is 5.32 Å². The molecule has 0 unspecified atom stereocenters. The van der Waals surface area contributed by atoms with Crippen LogP contribution in [0.3, 0.4) is 0 Å². The number of likely N-dealkylation sites (tertiary alicyclic amines) is 1. The van der Waals surface area contributed by atoms with Crippen molar-refractivity contribution in [1.29, 1.82) is 0 Å². The van der Waals surface area contributed by atoms with Gasteiger partial charge in [-0.15, -0.1) is 0 Å². The van der Waals surface area contributed by atoms with E-state index in [2.05, 4.69) is 78.8 Å².